The summed E-state index contributed by atoms with van der Waals surface area (Å²) in [6, 6.07) is 9.61. The topological polar surface area (TPSA) is 67.2 Å². The first-order valence-electron chi connectivity index (χ1n) is 8.71. The van der Waals surface area contributed by atoms with Crippen LogP contribution in [0.15, 0.2) is 49.1 Å². The third-order valence-electron chi connectivity index (χ3n) is 4.79. The maximum absolute atomic E-state index is 12.7. The number of aryl methyl sites for hydroxylation is 1. The SMILES string of the molecule is CN1C(=O)CCC(C(=O)NCCCn2ccnc2)C1c1ccccc1. The molecular weight excluding hydrogens is 316 g/mol. The summed E-state index contributed by atoms with van der Waals surface area (Å²) in [7, 11) is 1.79. The molecule has 25 heavy (non-hydrogen) atoms. The zero-order chi connectivity index (χ0) is 17.6. The predicted octanol–water partition coefficient (Wildman–Crippen LogP) is 2.00. The van der Waals surface area contributed by atoms with Crippen LogP contribution in [-0.2, 0) is 16.1 Å². The van der Waals surface area contributed by atoms with Crippen LogP contribution in [0, 0.1) is 5.92 Å². The fourth-order valence-electron chi connectivity index (χ4n) is 3.44. The van der Waals surface area contributed by atoms with Gasteiger partial charge >= 0.3 is 0 Å². The van der Waals surface area contributed by atoms with Crippen molar-refractivity contribution in [1.29, 1.82) is 0 Å². The van der Waals surface area contributed by atoms with Crippen LogP contribution in [-0.4, -0.2) is 39.9 Å². The number of amides is 2. The van der Waals surface area contributed by atoms with Gasteiger partial charge in [-0.05, 0) is 18.4 Å². The van der Waals surface area contributed by atoms with Gasteiger partial charge in [0.15, 0.2) is 0 Å². The predicted molar refractivity (Wildman–Crippen MR) is 94.5 cm³/mol. The van der Waals surface area contributed by atoms with Gasteiger partial charge in [0.1, 0.15) is 0 Å². The van der Waals surface area contributed by atoms with Gasteiger partial charge in [-0.25, -0.2) is 4.98 Å². The molecule has 2 unspecified atom stereocenters. The molecular formula is C19H24N4O2. The molecule has 1 saturated heterocycles. The maximum atomic E-state index is 12.7. The molecule has 6 heteroatoms. The molecule has 0 bridgehead atoms. The van der Waals surface area contributed by atoms with Gasteiger partial charge in [-0.15, -0.1) is 0 Å². The van der Waals surface area contributed by atoms with E-state index in [0.29, 0.717) is 19.4 Å². The number of imidazole rings is 1. The van der Waals surface area contributed by atoms with Crippen LogP contribution in [0.4, 0.5) is 0 Å². The molecule has 1 N–H and O–H groups in total. The van der Waals surface area contributed by atoms with E-state index < -0.39 is 0 Å². The number of piperidine rings is 1. The Kier molecular flexibility index (Phi) is 5.48. The first-order chi connectivity index (χ1) is 12.2. The molecule has 1 aliphatic rings. The number of aromatic nitrogens is 2. The smallest absolute Gasteiger partial charge is 0.225 e. The van der Waals surface area contributed by atoms with Crippen LogP contribution in [0.2, 0.25) is 0 Å². The molecule has 1 aromatic carbocycles. The second kappa shape index (κ2) is 7.96. The number of rotatable bonds is 6. The number of hydrogen-bond acceptors (Lipinski definition) is 3. The summed E-state index contributed by atoms with van der Waals surface area (Å²) >= 11 is 0. The lowest BCUT2D eigenvalue weighted by Gasteiger charge is -2.38. The normalized spacial score (nSPS) is 20.5. The van der Waals surface area contributed by atoms with Gasteiger partial charge < -0.3 is 14.8 Å². The molecule has 2 amide bonds. The Bertz CT molecular complexity index is 699. The molecule has 1 fully saturated rings. The van der Waals surface area contributed by atoms with E-state index >= 15 is 0 Å². The number of hydrogen-bond donors (Lipinski definition) is 1. The molecule has 1 aliphatic heterocycles. The lowest BCUT2D eigenvalue weighted by molar-refractivity contribution is -0.141. The molecule has 1 aromatic heterocycles. The van der Waals surface area contributed by atoms with E-state index in [1.54, 1.807) is 24.5 Å². The van der Waals surface area contributed by atoms with Gasteiger partial charge in [-0.1, -0.05) is 30.3 Å². The second-order valence-electron chi connectivity index (χ2n) is 6.45. The number of nitrogens with one attached hydrogen (secondary N) is 1. The van der Waals surface area contributed by atoms with Crippen molar-refractivity contribution in [3.8, 4) is 0 Å². The Balaban J connectivity index is 1.61. The Morgan fingerprint density at radius 1 is 1.32 bits per heavy atom. The van der Waals surface area contributed by atoms with Crippen molar-refractivity contribution in [1.82, 2.24) is 19.8 Å². The minimum absolute atomic E-state index is 0.0267. The average molecular weight is 340 g/mol. The van der Waals surface area contributed by atoms with Crippen LogP contribution in [0.25, 0.3) is 0 Å². The molecule has 2 heterocycles. The Morgan fingerprint density at radius 3 is 2.84 bits per heavy atom. The van der Waals surface area contributed by atoms with E-state index in [1.807, 2.05) is 41.1 Å². The molecule has 0 spiro atoms. The largest absolute Gasteiger partial charge is 0.356 e. The standard InChI is InChI=1S/C19H24N4O2/c1-22-17(24)9-8-16(18(22)15-6-3-2-4-7-15)19(25)21-10-5-12-23-13-11-20-14-23/h2-4,6-7,11,13-14,16,18H,5,8-10,12H2,1H3,(H,21,25). The van der Waals surface area contributed by atoms with Crippen molar-refractivity contribution in [3.63, 3.8) is 0 Å². The molecule has 0 saturated carbocycles. The zero-order valence-corrected chi connectivity index (χ0v) is 14.5. The highest BCUT2D eigenvalue weighted by molar-refractivity contribution is 5.84. The van der Waals surface area contributed by atoms with Gasteiger partial charge in [0.2, 0.25) is 11.8 Å². The maximum Gasteiger partial charge on any atom is 0.225 e. The summed E-state index contributed by atoms with van der Waals surface area (Å²) in [6.07, 6.45) is 7.30. The van der Waals surface area contributed by atoms with Crippen LogP contribution in [0.1, 0.15) is 30.9 Å². The van der Waals surface area contributed by atoms with Crippen molar-refractivity contribution in [2.75, 3.05) is 13.6 Å². The lowest BCUT2D eigenvalue weighted by Crippen LogP contribution is -2.46. The monoisotopic (exact) mass is 340 g/mol. The van der Waals surface area contributed by atoms with E-state index in [0.717, 1.165) is 18.5 Å². The van der Waals surface area contributed by atoms with Crippen LogP contribution < -0.4 is 5.32 Å². The highest BCUT2D eigenvalue weighted by atomic mass is 16.2. The first-order valence-corrected chi connectivity index (χ1v) is 8.71. The molecule has 0 radical (unpaired) electrons. The quantitative estimate of drug-likeness (QED) is 0.818. The van der Waals surface area contributed by atoms with Crippen molar-refractivity contribution in [2.45, 2.75) is 31.8 Å². The van der Waals surface area contributed by atoms with Crippen molar-refractivity contribution < 1.29 is 9.59 Å². The van der Waals surface area contributed by atoms with Crippen molar-refractivity contribution >= 4 is 11.8 Å². The number of likely N-dealkylation sites (tertiary alicyclic amines) is 1. The Hall–Kier alpha value is -2.63. The van der Waals surface area contributed by atoms with Crippen LogP contribution >= 0.6 is 0 Å². The van der Waals surface area contributed by atoms with E-state index in [4.69, 9.17) is 0 Å². The number of benzene rings is 1. The third-order valence-corrected chi connectivity index (χ3v) is 4.79. The molecule has 132 valence electrons. The molecule has 3 rings (SSSR count). The summed E-state index contributed by atoms with van der Waals surface area (Å²) in [5, 5.41) is 3.04. The second-order valence-corrected chi connectivity index (χ2v) is 6.45. The van der Waals surface area contributed by atoms with E-state index in [9.17, 15) is 9.59 Å². The number of carbonyl (C=O) groups excluding carboxylic acids is 2. The number of nitrogens with zero attached hydrogens (tertiary/aromatic N) is 3. The fraction of sp³-hybridized carbons (Fsp3) is 0.421. The fourth-order valence-corrected chi connectivity index (χ4v) is 3.44. The van der Waals surface area contributed by atoms with E-state index in [1.165, 1.54) is 0 Å². The highest BCUT2D eigenvalue weighted by Gasteiger charge is 2.38. The summed E-state index contributed by atoms with van der Waals surface area (Å²) in [4.78, 5) is 30.6. The first kappa shape index (κ1) is 17.2. The van der Waals surface area contributed by atoms with Crippen LogP contribution in [0.5, 0.6) is 0 Å². The minimum Gasteiger partial charge on any atom is -0.356 e. The van der Waals surface area contributed by atoms with Gasteiger partial charge in [0, 0.05) is 39.0 Å². The third kappa shape index (κ3) is 4.07. The van der Waals surface area contributed by atoms with Gasteiger partial charge in [-0.2, -0.15) is 0 Å². The lowest BCUT2D eigenvalue weighted by atomic mass is 9.84. The summed E-state index contributed by atoms with van der Waals surface area (Å²) in [6.45, 7) is 1.44. The van der Waals surface area contributed by atoms with Gasteiger partial charge in [-0.3, -0.25) is 9.59 Å². The Morgan fingerprint density at radius 2 is 2.12 bits per heavy atom. The van der Waals surface area contributed by atoms with Gasteiger partial charge in [0.05, 0.1) is 18.3 Å². The highest BCUT2D eigenvalue weighted by Crippen LogP contribution is 2.35. The van der Waals surface area contributed by atoms with Crippen molar-refractivity contribution in [2.24, 2.45) is 5.92 Å². The van der Waals surface area contributed by atoms with Crippen LogP contribution in [0.3, 0.4) is 0 Å². The van der Waals surface area contributed by atoms with Gasteiger partial charge in [0.25, 0.3) is 0 Å². The Labute approximate surface area is 147 Å². The minimum atomic E-state index is -0.210. The zero-order valence-electron chi connectivity index (χ0n) is 14.5. The summed E-state index contributed by atoms with van der Waals surface area (Å²) in [5.74, 6) is -0.0878. The summed E-state index contributed by atoms with van der Waals surface area (Å²) < 4.78 is 1.99. The molecule has 6 nitrogen and oxygen atoms in total. The van der Waals surface area contributed by atoms with E-state index in [-0.39, 0.29) is 23.8 Å². The molecule has 2 aromatic rings. The van der Waals surface area contributed by atoms with E-state index in [2.05, 4.69) is 10.3 Å². The average Bonchev–Trinajstić information content (AvgIpc) is 3.15. The van der Waals surface area contributed by atoms with Crippen molar-refractivity contribution in [3.05, 3.63) is 54.6 Å². The molecule has 0 aliphatic carbocycles. The number of carbonyl (C=O) groups is 2. The summed E-state index contributed by atoms with van der Waals surface area (Å²) in [5.41, 5.74) is 1.01. The molecule has 2 atom stereocenters.